The van der Waals surface area contributed by atoms with Crippen LogP contribution < -0.4 is 5.73 Å². The van der Waals surface area contributed by atoms with Crippen LogP contribution in [0, 0.1) is 0 Å². The van der Waals surface area contributed by atoms with Gasteiger partial charge >= 0.3 is 0 Å². The van der Waals surface area contributed by atoms with Crippen LogP contribution in [0.3, 0.4) is 0 Å². The first-order valence-corrected chi connectivity index (χ1v) is 13.2. The first kappa shape index (κ1) is 28.5. The summed E-state index contributed by atoms with van der Waals surface area (Å²) in [5, 5.41) is 11.6. The summed E-state index contributed by atoms with van der Waals surface area (Å²) in [4.78, 5) is 2.21. The summed E-state index contributed by atoms with van der Waals surface area (Å²) in [6.07, 6.45) is 2.14. The number of nitrogen functional groups attached to an aromatic ring is 1. The molecule has 3 N–H and O–H groups in total. The predicted molar refractivity (Wildman–Crippen MR) is 149 cm³/mol. The quantitative estimate of drug-likeness (QED) is 0.171. The third kappa shape index (κ3) is 10.1. The van der Waals surface area contributed by atoms with Crippen LogP contribution in [0.5, 0.6) is 0 Å². The van der Waals surface area contributed by atoms with Gasteiger partial charge in [-0.25, -0.2) is 0 Å². The van der Waals surface area contributed by atoms with E-state index in [0.29, 0.717) is 47.7 Å². The number of aryl methyl sites for hydroxylation is 1. The topological polar surface area (TPSA) is 68.0 Å². The number of aliphatic hydroxyl groups excluding tert-OH is 1. The van der Waals surface area contributed by atoms with E-state index in [1.807, 2.05) is 24.3 Å². The molecule has 3 rings (SSSR count). The van der Waals surface area contributed by atoms with Crippen LogP contribution in [-0.2, 0) is 22.4 Å². The average molecular weight is 532 g/mol. The van der Waals surface area contributed by atoms with Gasteiger partial charge in [-0.3, -0.25) is 4.90 Å². The van der Waals surface area contributed by atoms with Gasteiger partial charge in [-0.05, 0) is 48.1 Å². The Bertz CT molecular complexity index is 999. The van der Waals surface area contributed by atoms with Gasteiger partial charge in [0, 0.05) is 32.8 Å². The third-order valence-electron chi connectivity index (χ3n) is 5.90. The van der Waals surface area contributed by atoms with Gasteiger partial charge in [-0.1, -0.05) is 83.9 Å². The highest BCUT2D eigenvalue weighted by Gasteiger charge is 2.17. The summed E-state index contributed by atoms with van der Waals surface area (Å²) in [6.45, 7) is 4.48. The normalized spacial score (nSPS) is 12.2. The van der Waals surface area contributed by atoms with Crippen LogP contribution in [0.4, 0.5) is 5.69 Å². The summed E-state index contributed by atoms with van der Waals surface area (Å²) < 4.78 is 11.5. The Morgan fingerprint density at radius 3 is 1.94 bits per heavy atom. The van der Waals surface area contributed by atoms with Gasteiger partial charge in [0.25, 0.3) is 0 Å². The van der Waals surface area contributed by atoms with E-state index in [9.17, 15) is 5.11 Å². The third-order valence-corrected chi connectivity index (χ3v) is 6.52. The maximum absolute atomic E-state index is 10.9. The second-order valence-corrected chi connectivity index (χ2v) is 9.62. The minimum absolute atomic E-state index is 0.327. The molecule has 0 aliphatic rings. The highest BCUT2D eigenvalue weighted by atomic mass is 35.5. The van der Waals surface area contributed by atoms with Crippen molar-refractivity contribution in [1.29, 1.82) is 0 Å². The molecule has 0 heterocycles. The van der Waals surface area contributed by atoms with Gasteiger partial charge in [0.2, 0.25) is 0 Å². The standard InChI is InChI=1S/C29H36Cl2N2O3/c30-26-19-25(20-27(31)29(26)32)28(34)22-33(21-24-11-5-2-6-12-24)14-8-16-36-18-17-35-15-7-13-23-9-3-1-4-10-23/h1-6,9-12,19-20,28,34H,7-8,13-18,21-22,32H2. The summed E-state index contributed by atoms with van der Waals surface area (Å²) in [6, 6.07) is 24.0. The fourth-order valence-electron chi connectivity index (χ4n) is 3.96. The Morgan fingerprint density at radius 2 is 1.33 bits per heavy atom. The maximum Gasteiger partial charge on any atom is 0.0918 e. The fraction of sp³-hybridized carbons (Fsp3) is 0.379. The average Bonchev–Trinajstić information content (AvgIpc) is 2.89. The van der Waals surface area contributed by atoms with Gasteiger partial charge in [-0.2, -0.15) is 0 Å². The van der Waals surface area contributed by atoms with E-state index in [1.165, 1.54) is 11.1 Å². The summed E-state index contributed by atoms with van der Waals surface area (Å²) in [7, 11) is 0. The SMILES string of the molecule is Nc1c(Cl)cc(C(O)CN(CCCOCCOCCCc2ccccc2)Cc2ccccc2)cc1Cl. The highest BCUT2D eigenvalue weighted by Crippen LogP contribution is 2.31. The number of ether oxygens (including phenoxy) is 2. The first-order valence-electron chi connectivity index (χ1n) is 12.4. The molecule has 0 aliphatic heterocycles. The molecule has 0 radical (unpaired) electrons. The van der Waals surface area contributed by atoms with Crippen molar-refractivity contribution in [2.45, 2.75) is 31.9 Å². The zero-order valence-corrected chi connectivity index (χ0v) is 22.1. The van der Waals surface area contributed by atoms with Crippen molar-refractivity contribution in [3.63, 3.8) is 0 Å². The van der Waals surface area contributed by atoms with Gasteiger partial charge < -0.3 is 20.3 Å². The summed E-state index contributed by atoms with van der Waals surface area (Å²) in [5.74, 6) is 0. The van der Waals surface area contributed by atoms with Crippen LogP contribution >= 0.6 is 23.2 Å². The van der Waals surface area contributed by atoms with Crippen LogP contribution in [0.1, 0.15) is 35.6 Å². The summed E-state index contributed by atoms with van der Waals surface area (Å²) >= 11 is 12.3. The number of halogens is 2. The zero-order chi connectivity index (χ0) is 25.6. The molecule has 3 aromatic rings. The van der Waals surface area contributed by atoms with E-state index in [4.69, 9.17) is 38.4 Å². The molecular formula is C29H36Cl2N2O3. The molecule has 0 aromatic heterocycles. The lowest BCUT2D eigenvalue weighted by Gasteiger charge is -2.26. The lowest BCUT2D eigenvalue weighted by Crippen LogP contribution is -2.30. The minimum Gasteiger partial charge on any atom is -0.396 e. The molecule has 5 nitrogen and oxygen atoms in total. The lowest BCUT2D eigenvalue weighted by atomic mass is 10.1. The monoisotopic (exact) mass is 530 g/mol. The maximum atomic E-state index is 10.9. The van der Waals surface area contributed by atoms with E-state index in [1.54, 1.807) is 12.1 Å². The van der Waals surface area contributed by atoms with E-state index in [-0.39, 0.29) is 0 Å². The van der Waals surface area contributed by atoms with Crippen molar-refractivity contribution in [3.8, 4) is 0 Å². The zero-order valence-electron chi connectivity index (χ0n) is 20.6. The molecule has 3 aromatic carbocycles. The molecule has 0 fully saturated rings. The number of benzene rings is 3. The summed E-state index contributed by atoms with van der Waals surface area (Å²) in [5.41, 5.74) is 9.34. The number of aliphatic hydroxyl groups is 1. The van der Waals surface area contributed by atoms with Crippen LogP contribution in [0.25, 0.3) is 0 Å². The van der Waals surface area contributed by atoms with Crippen LogP contribution in [0.2, 0.25) is 10.0 Å². The van der Waals surface area contributed by atoms with Crippen molar-refractivity contribution >= 4 is 28.9 Å². The van der Waals surface area contributed by atoms with Crippen molar-refractivity contribution in [2.75, 3.05) is 45.3 Å². The van der Waals surface area contributed by atoms with Crippen molar-refractivity contribution < 1.29 is 14.6 Å². The Morgan fingerprint density at radius 1 is 0.778 bits per heavy atom. The second kappa shape index (κ2) is 15.9. The molecule has 0 saturated heterocycles. The van der Waals surface area contributed by atoms with E-state index in [2.05, 4.69) is 41.3 Å². The Kier molecular flexibility index (Phi) is 12.5. The number of rotatable bonds is 16. The van der Waals surface area contributed by atoms with Gasteiger partial charge in [-0.15, -0.1) is 0 Å². The molecule has 0 bridgehead atoms. The van der Waals surface area contributed by atoms with Crippen molar-refractivity contribution in [2.24, 2.45) is 0 Å². The molecule has 194 valence electrons. The molecule has 0 spiro atoms. The van der Waals surface area contributed by atoms with E-state index in [0.717, 1.165) is 39.0 Å². The molecule has 0 amide bonds. The Labute approximate surface area is 224 Å². The Balaban J connectivity index is 1.38. The molecule has 0 saturated carbocycles. The van der Waals surface area contributed by atoms with Crippen molar-refractivity contribution in [1.82, 2.24) is 4.90 Å². The second-order valence-electron chi connectivity index (χ2n) is 8.80. The molecule has 36 heavy (non-hydrogen) atoms. The van der Waals surface area contributed by atoms with Crippen LogP contribution in [0.15, 0.2) is 72.8 Å². The minimum atomic E-state index is -0.741. The van der Waals surface area contributed by atoms with Crippen molar-refractivity contribution in [3.05, 3.63) is 99.5 Å². The highest BCUT2D eigenvalue weighted by molar-refractivity contribution is 6.38. The number of hydrogen-bond donors (Lipinski definition) is 2. The Hall–Kier alpha value is -2.12. The van der Waals surface area contributed by atoms with E-state index < -0.39 is 6.10 Å². The predicted octanol–water partition coefficient (Wildman–Crippen LogP) is 6.17. The number of nitrogens with two attached hydrogens (primary N) is 1. The molecular weight excluding hydrogens is 495 g/mol. The number of anilines is 1. The molecule has 1 atom stereocenters. The number of nitrogens with zero attached hydrogens (tertiary/aromatic N) is 1. The van der Waals surface area contributed by atoms with E-state index >= 15 is 0 Å². The molecule has 1 unspecified atom stereocenters. The van der Waals surface area contributed by atoms with Crippen LogP contribution in [-0.4, -0.2) is 49.5 Å². The fourth-order valence-corrected chi connectivity index (χ4v) is 4.46. The van der Waals surface area contributed by atoms with Gasteiger partial charge in [0.1, 0.15) is 0 Å². The molecule has 7 heteroatoms. The van der Waals surface area contributed by atoms with Gasteiger partial charge in [0.15, 0.2) is 0 Å². The first-order chi connectivity index (χ1) is 17.5. The molecule has 0 aliphatic carbocycles. The smallest absolute Gasteiger partial charge is 0.0918 e. The lowest BCUT2D eigenvalue weighted by molar-refractivity contribution is 0.0406. The number of hydrogen-bond acceptors (Lipinski definition) is 5. The largest absolute Gasteiger partial charge is 0.396 e. The van der Waals surface area contributed by atoms with Gasteiger partial charge in [0.05, 0.1) is 35.1 Å².